The summed E-state index contributed by atoms with van der Waals surface area (Å²) < 4.78 is 27.8. The SMILES string of the molecule is CCCCN(CC(=O)Nc1nc(C)c(C)s1)S(=O)(=O)c1ccc2ccccc2c1. The molecule has 0 unspecified atom stereocenters. The molecule has 6 nitrogen and oxygen atoms in total. The monoisotopic (exact) mass is 431 g/mol. The van der Waals surface area contributed by atoms with E-state index in [0.717, 1.165) is 27.8 Å². The minimum atomic E-state index is -3.80. The first kappa shape index (κ1) is 21.4. The predicted octanol–water partition coefficient (Wildman–Crippen LogP) is 4.34. The third-order valence-corrected chi connectivity index (χ3v) is 7.54. The van der Waals surface area contributed by atoms with Crippen LogP contribution in [-0.4, -0.2) is 36.7 Å². The van der Waals surface area contributed by atoms with Crippen LogP contribution in [0.2, 0.25) is 0 Å². The number of hydrogen-bond acceptors (Lipinski definition) is 5. The quantitative estimate of drug-likeness (QED) is 0.575. The van der Waals surface area contributed by atoms with Gasteiger partial charge in [-0.2, -0.15) is 4.31 Å². The Balaban J connectivity index is 1.84. The second kappa shape index (κ2) is 9.02. The van der Waals surface area contributed by atoms with Gasteiger partial charge in [0, 0.05) is 11.4 Å². The van der Waals surface area contributed by atoms with E-state index < -0.39 is 10.0 Å². The summed E-state index contributed by atoms with van der Waals surface area (Å²) in [7, 11) is -3.80. The van der Waals surface area contributed by atoms with Crippen molar-refractivity contribution in [3.8, 4) is 0 Å². The van der Waals surface area contributed by atoms with E-state index in [1.54, 1.807) is 18.2 Å². The van der Waals surface area contributed by atoms with Gasteiger partial charge in [0.05, 0.1) is 17.1 Å². The molecule has 0 bridgehead atoms. The Hall–Kier alpha value is -2.29. The summed E-state index contributed by atoms with van der Waals surface area (Å²) in [5.41, 5.74) is 0.858. The maximum atomic E-state index is 13.3. The number of nitrogens with one attached hydrogen (secondary N) is 1. The summed E-state index contributed by atoms with van der Waals surface area (Å²) in [6, 6.07) is 12.7. The fraction of sp³-hybridized carbons (Fsp3) is 0.333. The van der Waals surface area contributed by atoms with Gasteiger partial charge in [-0.3, -0.25) is 4.79 Å². The zero-order valence-corrected chi connectivity index (χ0v) is 18.4. The number of benzene rings is 2. The van der Waals surface area contributed by atoms with Crippen molar-refractivity contribution in [1.82, 2.24) is 9.29 Å². The van der Waals surface area contributed by atoms with E-state index in [0.29, 0.717) is 11.6 Å². The molecule has 0 saturated heterocycles. The van der Waals surface area contributed by atoms with Crippen molar-refractivity contribution in [3.05, 3.63) is 53.0 Å². The predicted molar refractivity (Wildman–Crippen MR) is 118 cm³/mol. The normalized spacial score (nSPS) is 11.9. The van der Waals surface area contributed by atoms with Crippen molar-refractivity contribution in [2.24, 2.45) is 0 Å². The number of anilines is 1. The van der Waals surface area contributed by atoms with Crippen LogP contribution in [0.25, 0.3) is 10.8 Å². The van der Waals surface area contributed by atoms with E-state index in [9.17, 15) is 13.2 Å². The van der Waals surface area contributed by atoms with Crippen molar-refractivity contribution in [1.29, 1.82) is 0 Å². The van der Waals surface area contributed by atoms with Crippen LogP contribution in [0.3, 0.4) is 0 Å². The molecule has 1 N–H and O–H groups in total. The average molecular weight is 432 g/mol. The van der Waals surface area contributed by atoms with E-state index >= 15 is 0 Å². The maximum absolute atomic E-state index is 13.3. The Morgan fingerprint density at radius 2 is 1.86 bits per heavy atom. The Kier molecular flexibility index (Phi) is 6.66. The summed E-state index contributed by atoms with van der Waals surface area (Å²) in [5.74, 6) is -0.390. The number of hydrogen-bond donors (Lipinski definition) is 1. The molecule has 1 aromatic heterocycles. The molecule has 0 aliphatic carbocycles. The molecule has 0 radical (unpaired) electrons. The van der Waals surface area contributed by atoms with E-state index in [2.05, 4.69) is 10.3 Å². The number of aromatic nitrogens is 1. The molecule has 154 valence electrons. The van der Waals surface area contributed by atoms with Crippen molar-refractivity contribution in [2.45, 2.75) is 38.5 Å². The molecule has 0 atom stereocenters. The Labute approximate surface area is 175 Å². The maximum Gasteiger partial charge on any atom is 0.243 e. The summed E-state index contributed by atoms with van der Waals surface area (Å²) in [6.07, 6.45) is 1.51. The smallest absolute Gasteiger partial charge is 0.243 e. The first-order valence-electron chi connectivity index (χ1n) is 9.54. The van der Waals surface area contributed by atoms with Crippen LogP contribution >= 0.6 is 11.3 Å². The standard InChI is InChI=1S/C21H25N3O3S2/c1-4-5-12-24(14-20(25)23-21-22-15(2)16(3)28-21)29(26,27)19-11-10-17-8-6-7-9-18(17)13-19/h6-11,13H,4-5,12,14H2,1-3H3,(H,22,23,25). The van der Waals surface area contributed by atoms with Gasteiger partial charge >= 0.3 is 0 Å². The minimum absolute atomic E-state index is 0.195. The first-order valence-corrected chi connectivity index (χ1v) is 11.8. The highest BCUT2D eigenvalue weighted by Crippen LogP contribution is 2.23. The molecule has 3 aromatic rings. The fourth-order valence-electron chi connectivity index (χ4n) is 2.94. The van der Waals surface area contributed by atoms with Crippen molar-refractivity contribution in [3.63, 3.8) is 0 Å². The lowest BCUT2D eigenvalue weighted by molar-refractivity contribution is -0.116. The molecule has 0 spiro atoms. The molecule has 0 aliphatic rings. The first-order chi connectivity index (χ1) is 13.8. The molecule has 8 heteroatoms. The van der Waals surface area contributed by atoms with Gasteiger partial charge in [0.2, 0.25) is 15.9 Å². The Morgan fingerprint density at radius 3 is 2.52 bits per heavy atom. The number of aryl methyl sites for hydroxylation is 2. The molecule has 1 heterocycles. The number of sulfonamides is 1. The highest BCUT2D eigenvalue weighted by atomic mass is 32.2. The summed E-state index contributed by atoms with van der Waals surface area (Å²) in [5, 5.41) is 5.04. The average Bonchev–Trinajstić information content (AvgIpc) is 3.01. The lowest BCUT2D eigenvalue weighted by Gasteiger charge is -2.21. The van der Waals surface area contributed by atoms with Gasteiger partial charge in [-0.15, -0.1) is 11.3 Å². The van der Waals surface area contributed by atoms with Crippen molar-refractivity contribution >= 4 is 43.2 Å². The number of carbonyl (C=O) groups excluding carboxylic acids is 1. The molecule has 0 aliphatic heterocycles. The van der Waals surface area contributed by atoms with E-state index in [1.807, 2.05) is 45.0 Å². The second-order valence-corrected chi connectivity index (χ2v) is 10.1. The summed E-state index contributed by atoms with van der Waals surface area (Å²) in [4.78, 5) is 18.1. The molecule has 3 rings (SSSR count). The molecule has 0 fully saturated rings. The summed E-state index contributed by atoms with van der Waals surface area (Å²) in [6.45, 7) is 5.84. The van der Waals surface area contributed by atoms with Gasteiger partial charge in [-0.25, -0.2) is 13.4 Å². The van der Waals surface area contributed by atoms with Gasteiger partial charge in [0.25, 0.3) is 0 Å². The number of nitrogens with zero attached hydrogens (tertiary/aromatic N) is 2. The molecular formula is C21H25N3O3S2. The number of carbonyl (C=O) groups is 1. The highest BCUT2D eigenvalue weighted by Gasteiger charge is 2.26. The van der Waals surface area contributed by atoms with Crippen LogP contribution in [-0.2, 0) is 14.8 Å². The van der Waals surface area contributed by atoms with Crippen LogP contribution in [0.5, 0.6) is 0 Å². The van der Waals surface area contributed by atoms with Gasteiger partial charge in [0.1, 0.15) is 0 Å². The molecule has 2 aromatic carbocycles. The third-order valence-electron chi connectivity index (χ3n) is 4.71. The van der Waals surface area contributed by atoms with Gasteiger partial charge in [-0.1, -0.05) is 43.7 Å². The lowest BCUT2D eigenvalue weighted by Crippen LogP contribution is -2.38. The van der Waals surface area contributed by atoms with Crippen molar-refractivity contribution < 1.29 is 13.2 Å². The molecule has 1 amide bonds. The zero-order chi connectivity index (χ0) is 21.0. The Morgan fingerprint density at radius 1 is 1.14 bits per heavy atom. The van der Waals surface area contributed by atoms with Crippen LogP contribution in [0.4, 0.5) is 5.13 Å². The number of rotatable bonds is 8. The highest BCUT2D eigenvalue weighted by molar-refractivity contribution is 7.89. The molecular weight excluding hydrogens is 406 g/mol. The van der Waals surface area contributed by atoms with Crippen LogP contribution in [0.15, 0.2) is 47.4 Å². The van der Waals surface area contributed by atoms with E-state index in [4.69, 9.17) is 0 Å². The largest absolute Gasteiger partial charge is 0.301 e. The van der Waals surface area contributed by atoms with Gasteiger partial charge in [-0.05, 0) is 43.2 Å². The number of fused-ring (bicyclic) bond motifs is 1. The van der Waals surface area contributed by atoms with Crippen LogP contribution in [0, 0.1) is 13.8 Å². The third kappa shape index (κ3) is 5.01. The second-order valence-electron chi connectivity index (χ2n) is 6.91. The van der Waals surface area contributed by atoms with E-state index in [1.165, 1.54) is 15.6 Å². The summed E-state index contributed by atoms with van der Waals surface area (Å²) >= 11 is 1.38. The van der Waals surface area contributed by atoms with Gasteiger partial charge in [0.15, 0.2) is 5.13 Å². The number of amides is 1. The van der Waals surface area contributed by atoms with Gasteiger partial charge < -0.3 is 5.32 Å². The Bertz CT molecular complexity index is 1100. The fourth-order valence-corrected chi connectivity index (χ4v) is 5.24. The van der Waals surface area contributed by atoms with Crippen molar-refractivity contribution in [2.75, 3.05) is 18.4 Å². The number of thiazole rings is 1. The lowest BCUT2D eigenvalue weighted by atomic mass is 10.1. The zero-order valence-electron chi connectivity index (χ0n) is 16.8. The topological polar surface area (TPSA) is 79.4 Å². The molecule has 0 saturated carbocycles. The minimum Gasteiger partial charge on any atom is -0.301 e. The number of unbranched alkanes of at least 4 members (excludes halogenated alkanes) is 1. The van der Waals surface area contributed by atoms with E-state index in [-0.39, 0.29) is 23.9 Å². The van der Waals surface area contributed by atoms with Crippen LogP contribution in [0.1, 0.15) is 30.3 Å². The molecule has 29 heavy (non-hydrogen) atoms. The van der Waals surface area contributed by atoms with Crippen LogP contribution < -0.4 is 5.32 Å².